The van der Waals surface area contributed by atoms with E-state index < -0.39 is 0 Å². The maximum absolute atomic E-state index is 13.8. The Labute approximate surface area is 181 Å². The van der Waals surface area contributed by atoms with Crippen molar-refractivity contribution in [1.82, 2.24) is 0 Å². The number of hydrogen-bond donors (Lipinski definition) is 1. The molecule has 4 rings (SSSR count). The van der Waals surface area contributed by atoms with Crippen LogP contribution in [0.2, 0.25) is 0 Å². The molecule has 0 bridgehead atoms. The largest absolute Gasteiger partial charge is 0.496 e. The number of halogens is 1. The lowest BCUT2D eigenvalue weighted by Crippen LogP contribution is -2.32. The van der Waals surface area contributed by atoms with Crippen LogP contribution < -0.4 is 10.1 Å². The van der Waals surface area contributed by atoms with Gasteiger partial charge in [-0.3, -0.25) is 0 Å². The van der Waals surface area contributed by atoms with Crippen molar-refractivity contribution in [2.75, 3.05) is 12.4 Å². The van der Waals surface area contributed by atoms with Crippen LogP contribution in [-0.2, 0) is 18.0 Å². The van der Waals surface area contributed by atoms with Crippen molar-refractivity contribution in [2.24, 2.45) is 0 Å². The van der Waals surface area contributed by atoms with E-state index >= 15 is 0 Å². The molecule has 0 spiro atoms. The highest BCUT2D eigenvalue weighted by Crippen LogP contribution is 2.42. The van der Waals surface area contributed by atoms with E-state index in [1.807, 2.05) is 6.07 Å². The van der Waals surface area contributed by atoms with E-state index in [0.29, 0.717) is 19.0 Å². The van der Waals surface area contributed by atoms with E-state index in [2.05, 4.69) is 55.7 Å². The number of nitrogens with one attached hydrogen (secondary N) is 1. The van der Waals surface area contributed by atoms with Crippen LogP contribution in [0.25, 0.3) is 16.7 Å². The lowest BCUT2D eigenvalue weighted by atomic mass is 9.85. The minimum absolute atomic E-state index is 0.124. The fourth-order valence-corrected chi connectivity index (χ4v) is 4.78. The van der Waals surface area contributed by atoms with Gasteiger partial charge in [-0.25, -0.2) is 4.39 Å². The molecule has 1 aromatic heterocycles. The normalized spacial score (nSPS) is 14.6. The fourth-order valence-electron chi connectivity index (χ4n) is 4.14. The molecule has 2 aromatic carbocycles. The first-order valence-electron chi connectivity index (χ1n) is 9.96. The monoisotopic (exact) mass is 423 g/mol. The zero-order valence-corrected chi connectivity index (χ0v) is 18.5. The first-order valence-corrected chi connectivity index (χ1v) is 10.8. The van der Waals surface area contributed by atoms with Crippen LogP contribution in [0.3, 0.4) is 0 Å². The lowest BCUT2D eigenvalue weighted by molar-refractivity contribution is 0.109. The summed E-state index contributed by atoms with van der Waals surface area (Å²) in [6, 6.07) is 12.9. The van der Waals surface area contributed by atoms with Gasteiger partial charge in [0.1, 0.15) is 11.6 Å². The molecule has 1 aliphatic rings. The summed E-state index contributed by atoms with van der Waals surface area (Å²) in [4.78, 5) is 1.19. The topological polar surface area (TPSA) is 30.5 Å². The van der Waals surface area contributed by atoms with Gasteiger partial charge in [-0.05, 0) is 67.1 Å². The third kappa shape index (κ3) is 4.13. The quantitative estimate of drug-likeness (QED) is 0.468. The summed E-state index contributed by atoms with van der Waals surface area (Å²) in [5.74, 6) is 0.198. The molecule has 30 heavy (non-hydrogen) atoms. The molecule has 0 aliphatic carbocycles. The molecular weight excluding hydrogens is 397 g/mol. The third-order valence-electron chi connectivity index (χ3n) is 5.27. The molecule has 156 valence electrons. The Bertz CT molecular complexity index is 1090. The van der Waals surface area contributed by atoms with Gasteiger partial charge in [0.15, 0.2) is 0 Å². The molecule has 3 nitrogen and oxygen atoms in total. The Balaban J connectivity index is 1.81. The Morgan fingerprint density at radius 3 is 2.60 bits per heavy atom. The van der Waals surface area contributed by atoms with E-state index in [9.17, 15) is 4.39 Å². The van der Waals surface area contributed by atoms with Gasteiger partial charge in [0, 0.05) is 27.8 Å². The molecule has 0 fully saturated rings. The van der Waals surface area contributed by atoms with E-state index in [-0.39, 0.29) is 11.4 Å². The number of benzene rings is 2. The van der Waals surface area contributed by atoms with Gasteiger partial charge in [0.05, 0.1) is 25.9 Å². The van der Waals surface area contributed by atoms with Crippen molar-refractivity contribution in [3.63, 3.8) is 0 Å². The van der Waals surface area contributed by atoms with Crippen LogP contribution in [0.1, 0.15) is 36.8 Å². The van der Waals surface area contributed by atoms with E-state index in [1.165, 1.54) is 22.6 Å². The number of methoxy groups -OCH3 is 1. The molecule has 0 saturated heterocycles. The van der Waals surface area contributed by atoms with Crippen molar-refractivity contribution in [1.29, 1.82) is 0 Å². The van der Waals surface area contributed by atoms with Gasteiger partial charge >= 0.3 is 0 Å². The molecule has 0 amide bonds. The predicted octanol–water partition coefficient (Wildman–Crippen LogP) is 6.89. The highest BCUT2D eigenvalue weighted by Gasteiger charge is 2.26. The van der Waals surface area contributed by atoms with Crippen LogP contribution in [0.4, 0.5) is 10.1 Å². The number of allylic oxidation sites excluding steroid dienone is 1. The van der Waals surface area contributed by atoms with Crippen molar-refractivity contribution < 1.29 is 13.9 Å². The van der Waals surface area contributed by atoms with Crippen LogP contribution in [0.5, 0.6) is 5.75 Å². The van der Waals surface area contributed by atoms with Crippen LogP contribution >= 0.6 is 11.3 Å². The smallest absolute Gasteiger partial charge is 0.129 e. The molecule has 0 unspecified atom stereocenters. The van der Waals surface area contributed by atoms with Gasteiger partial charge in [0.2, 0.25) is 0 Å². The molecule has 3 aromatic rings. The first-order chi connectivity index (χ1) is 14.4. The minimum Gasteiger partial charge on any atom is -0.496 e. The van der Waals surface area contributed by atoms with Gasteiger partial charge in [-0.2, -0.15) is 0 Å². The molecule has 0 radical (unpaired) electrons. The van der Waals surface area contributed by atoms with Gasteiger partial charge in [-0.1, -0.05) is 18.2 Å². The predicted molar refractivity (Wildman–Crippen MR) is 123 cm³/mol. The van der Waals surface area contributed by atoms with Gasteiger partial charge < -0.3 is 14.8 Å². The molecule has 1 aliphatic heterocycles. The van der Waals surface area contributed by atoms with Crippen LogP contribution in [0, 0.1) is 5.82 Å². The van der Waals surface area contributed by atoms with Crippen molar-refractivity contribution in [3.8, 4) is 16.9 Å². The average Bonchev–Trinajstić information content (AvgIpc) is 3.20. The average molecular weight is 424 g/mol. The molecule has 2 heterocycles. The number of thiophene rings is 1. The summed E-state index contributed by atoms with van der Waals surface area (Å²) in [5.41, 5.74) is 6.22. The van der Waals surface area contributed by atoms with Crippen molar-refractivity contribution in [2.45, 2.75) is 39.5 Å². The zero-order chi connectivity index (χ0) is 21.3. The van der Waals surface area contributed by atoms with Gasteiger partial charge in [-0.15, -0.1) is 11.3 Å². The highest BCUT2D eigenvalue weighted by molar-refractivity contribution is 7.09. The van der Waals surface area contributed by atoms with Crippen LogP contribution in [-0.4, -0.2) is 12.6 Å². The van der Waals surface area contributed by atoms with Crippen LogP contribution in [0.15, 0.2) is 53.9 Å². The fraction of sp³-hybridized carbons (Fsp3) is 0.280. The van der Waals surface area contributed by atoms with E-state index in [1.54, 1.807) is 24.5 Å². The minimum atomic E-state index is -0.316. The molecule has 5 heteroatoms. The Kier molecular flexibility index (Phi) is 5.67. The number of hydrogen-bond acceptors (Lipinski definition) is 4. The maximum Gasteiger partial charge on any atom is 0.129 e. The van der Waals surface area contributed by atoms with E-state index in [0.717, 1.165) is 27.9 Å². The summed E-state index contributed by atoms with van der Waals surface area (Å²) in [6.07, 6.45) is 2.24. The Morgan fingerprint density at radius 2 is 1.87 bits per heavy atom. The van der Waals surface area contributed by atoms with Crippen molar-refractivity contribution in [3.05, 3.63) is 75.7 Å². The second-order valence-corrected chi connectivity index (χ2v) is 9.14. The van der Waals surface area contributed by atoms with E-state index in [4.69, 9.17) is 9.47 Å². The summed E-state index contributed by atoms with van der Waals surface area (Å²) < 4.78 is 25.4. The SMILES string of the molecule is COc1cc(F)ccc1-c1ccc2c(c1COCc1cccs1)C(C)=CC(C)(C)N2. The zero-order valence-electron chi connectivity index (χ0n) is 17.7. The standard InChI is InChI=1S/C25H26FNO2S/c1-16-13-25(2,3)27-22-10-9-19(20-8-7-17(26)12-23(20)28-4)21(24(16)22)15-29-14-18-6-5-11-30-18/h5-13,27H,14-15H2,1-4H3. The Hall–Kier alpha value is -2.63. The number of fused-ring (bicyclic) bond motifs is 1. The number of ether oxygens (including phenoxy) is 2. The third-order valence-corrected chi connectivity index (χ3v) is 6.12. The van der Waals surface area contributed by atoms with Crippen molar-refractivity contribution >= 4 is 22.6 Å². The number of rotatable bonds is 6. The molecule has 0 saturated carbocycles. The van der Waals surface area contributed by atoms with Gasteiger partial charge in [0.25, 0.3) is 0 Å². The molecular formula is C25H26FNO2S. The molecule has 1 N–H and O–H groups in total. The second-order valence-electron chi connectivity index (χ2n) is 8.11. The maximum atomic E-state index is 13.8. The first kappa shape index (κ1) is 20.6. The number of anilines is 1. The summed E-state index contributed by atoms with van der Waals surface area (Å²) >= 11 is 1.68. The Morgan fingerprint density at radius 1 is 1.07 bits per heavy atom. The lowest BCUT2D eigenvalue weighted by Gasteiger charge is -2.33. The summed E-state index contributed by atoms with van der Waals surface area (Å²) in [6.45, 7) is 7.45. The summed E-state index contributed by atoms with van der Waals surface area (Å²) in [5, 5.41) is 5.66. The molecule has 0 atom stereocenters. The second kappa shape index (κ2) is 8.25. The highest BCUT2D eigenvalue weighted by atomic mass is 32.1. The summed E-state index contributed by atoms with van der Waals surface area (Å²) in [7, 11) is 1.57.